The number of rotatable bonds is 10. The maximum absolute atomic E-state index is 13.1. The van der Waals surface area contributed by atoms with Crippen molar-refractivity contribution in [3.63, 3.8) is 0 Å². The lowest BCUT2D eigenvalue weighted by atomic mass is 10.1. The Morgan fingerprint density at radius 1 is 1.13 bits per heavy atom. The summed E-state index contributed by atoms with van der Waals surface area (Å²) in [5, 5.41) is 3.69. The molecule has 2 atom stereocenters. The van der Waals surface area contributed by atoms with Gasteiger partial charge in [-0.15, -0.1) is 11.8 Å². The highest BCUT2D eigenvalue weighted by Crippen LogP contribution is 2.22. The maximum Gasteiger partial charge on any atom is 0.242 e. The molecule has 0 fully saturated rings. The molecule has 1 N–H and O–H groups in total. The van der Waals surface area contributed by atoms with Gasteiger partial charge < -0.3 is 10.2 Å². The first kappa shape index (κ1) is 24.3. The molecule has 0 saturated carbocycles. The number of thioether (sulfide) groups is 1. The number of nitrogens with one attached hydrogen (secondary N) is 1. The molecule has 2 unspecified atom stereocenters. The molecule has 0 aliphatic heterocycles. The molecule has 0 aliphatic rings. The number of halogens is 1. The van der Waals surface area contributed by atoms with Crippen LogP contribution in [0.1, 0.15) is 44.7 Å². The highest BCUT2D eigenvalue weighted by atomic mass is 35.5. The summed E-state index contributed by atoms with van der Waals surface area (Å²) in [5.74, 6) is 0.505. The maximum atomic E-state index is 13.1. The second-order valence-corrected chi connectivity index (χ2v) is 9.16. The number of hydrogen-bond acceptors (Lipinski definition) is 3. The molecule has 0 heterocycles. The van der Waals surface area contributed by atoms with Gasteiger partial charge in [0.1, 0.15) is 6.04 Å². The third-order valence-corrected chi connectivity index (χ3v) is 6.27. The van der Waals surface area contributed by atoms with Crippen molar-refractivity contribution >= 4 is 35.2 Å². The van der Waals surface area contributed by atoms with E-state index in [0.29, 0.717) is 23.7 Å². The fourth-order valence-electron chi connectivity index (χ4n) is 2.99. The topological polar surface area (TPSA) is 49.4 Å². The standard InChI is InChI=1S/C24H31ClN2O2S/c1-5-18(3)26-24(29)19(4)27(16-20-8-6-7-17(2)15-20)23(28)13-14-30-22-11-9-21(25)10-12-22/h6-12,15,18-19H,5,13-14,16H2,1-4H3,(H,26,29). The van der Waals surface area contributed by atoms with Gasteiger partial charge in [0.15, 0.2) is 0 Å². The van der Waals surface area contributed by atoms with E-state index in [-0.39, 0.29) is 17.9 Å². The molecule has 0 aromatic heterocycles. The highest BCUT2D eigenvalue weighted by Gasteiger charge is 2.26. The van der Waals surface area contributed by atoms with Crippen LogP contribution in [0.5, 0.6) is 0 Å². The van der Waals surface area contributed by atoms with E-state index < -0.39 is 6.04 Å². The van der Waals surface area contributed by atoms with E-state index in [0.717, 1.165) is 22.4 Å². The van der Waals surface area contributed by atoms with E-state index >= 15 is 0 Å². The number of nitrogens with zero attached hydrogens (tertiary/aromatic N) is 1. The van der Waals surface area contributed by atoms with Gasteiger partial charge in [-0.2, -0.15) is 0 Å². The fraction of sp³-hybridized carbons (Fsp3) is 0.417. The lowest BCUT2D eigenvalue weighted by Crippen LogP contribution is -2.49. The summed E-state index contributed by atoms with van der Waals surface area (Å²) < 4.78 is 0. The van der Waals surface area contributed by atoms with Crippen LogP contribution >= 0.6 is 23.4 Å². The average Bonchev–Trinajstić information content (AvgIpc) is 2.72. The second kappa shape index (κ2) is 12.0. The lowest BCUT2D eigenvalue weighted by molar-refractivity contribution is -0.140. The molecule has 0 bridgehead atoms. The molecule has 6 heteroatoms. The first-order chi connectivity index (χ1) is 14.3. The monoisotopic (exact) mass is 446 g/mol. The number of carbonyl (C=O) groups excluding carboxylic acids is 2. The van der Waals surface area contributed by atoms with Crippen LogP contribution < -0.4 is 5.32 Å². The van der Waals surface area contributed by atoms with Crippen LogP contribution in [0, 0.1) is 6.92 Å². The van der Waals surface area contributed by atoms with Gasteiger partial charge in [0.25, 0.3) is 0 Å². The summed E-state index contributed by atoms with van der Waals surface area (Å²) in [4.78, 5) is 28.6. The first-order valence-electron chi connectivity index (χ1n) is 10.3. The van der Waals surface area contributed by atoms with Crippen molar-refractivity contribution in [2.24, 2.45) is 0 Å². The van der Waals surface area contributed by atoms with Crippen LogP contribution in [-0.4, -0.2) is 34.6 Å². The van der Waals surface area contributed by atoms with E-state index in [1.54, 1.807) is 23.6 Å². The van der Waals surface area contributed by atoms with Gasteiger partial charge >= 0.3 is 0 Å². The molecule has 30 heavy (non-hydrogen) atoms. The zero-order valence-corrected chi connectivity index (χ0v) is 19.7. The molecular weight excluding hydrogens is 416 g/mol. The molecule has 4 nitrogen and oxygen atoms in total. The first-order valence-corrected chi connectivity index (χ1v) is 11.7. The van der Waals surface area contributed by atoms with Gasteiger partial charge in [0.05, 0.1) is 0 Å². The fourth-order valence-corrected chi connectivity index (χ4v) is 3.95. The summed E-state index contributed by atoms with van der Waals surface area (Å²) in [5.41, 5.74) is 2.16. The molecule has 0 radical (unpaired) electrons. The van der Waals surface area contributed by atoms with Crippen molar-refractivity contribution in [3.8, 4) is 0 Å². The summed E-state index contributed by atoms with van der Waals surface area (Å²) >= 11 is 7.54. The number of benzene rings is 2. The Kier molecular flexibility index (Phi) is 9.73. The minimum absolute atomic E-state index is 0.0234. The highest BCUT2D eigenvalue weighted by molar-refractivity contribution is 7.99. The Morgan fingerprint density at radius 3 is 2.47 bits per heavy atom. The third kappa shape index (κ3) is 7.69. The Morgan fingerprint density at radius 2 is 1.83 bits per heavy atom. The van der Waals surface area contributed by atoms with Crippen LogP contribution in [0.3, 0.4) is 0 Å². The predicted molar refractivity (Wildman–Crippen MR) is 126 cm³/mol. The smallest absolute Gasteiger partial charge is 0.242 e. The molecule has 0 aliphatic carbocycles. The van der Waals surface area contributed by atoms with Crippen LogP contribution in [0.4, 0.5) is 0 Å². The summed E-state index contributed by atoms with van der Waals surface area (Å²) in [7, 11) is 0. The minimum Gasteiger partial charge on any atom is -0.352 e. The van der Waals surface area contributed by atoms with E-state index in [2.05, 4.69) is 11.4 Å². The van der Waals surface area contributed by atoms with Crippen molar-refractivity contribution in [1.82, 2.24) is 10.2 Å². The summed E-state index contributed by atoms with van der Waals surface area (Å²) in [6.45, 7) is 8.25. The third-order valence-electron chi connectivity index (χ3n) is 5.00. The van der Waals surface area contributed by atoms with Gasteiger partial charge in [-0.3, -0.25) is 9.59 Å². The Hall–Kier alpha value is -1.98. The van der Waals surface area contributed by atoms with Crippen molar-refractivity contribution in [2.45, 2.75) is 64.1 Å². The quantitative estimate of drug-likeness (QED) is 0.493. The van der Waals surface area contributed by atoms with Gasteiger partial charge in [-0.25, -0.2) is 0 Å². The zero-order chi connectivity index (χ0) is 22.1. The molecule has 0 spiro atoms. The number of aryl methyl sites for hydroxylation is 1. The van der Waals surface area contributed by atoms with Gasteiger partial charge in [-0.05, 0) is 57.0 Å². The van der Waals surface area contributed by atoms with Crippen LogP contribution in [0.2, 0.25) is 5.02 Å². The van der Waals surface area contributed by atoms with E-state index in [1.165, 1.54) is 0 Å². The number of carbonyl (C=O) groups is 2. The SMILES string of the molecule is CCC(C)NC(=O)C(C)N(Cc1cccc(C)c1)C(=O)CCSc1ccc(Cl)cc1. The van der Waals surface area contributed by atoms with E-state index in [4.69, 9.17) is 11.6 Å². The Balaban J connectivity index is 2.07. The molecule has 2 amide bonds. The van der Waals surface area contributed by atoms with Crippen molar-refractivity contribution in [3.05, 3.63) is 64.7 Å². The normalized spacial score (nSPS) is 12.8. The van der Waals surface area contributed by atoms with Gasteiger partial charge in [0.2, 0.25) is 11.8 Å². The van der Waals surface area contributed by atoms with Crippen molar-refractivity contribution in [1.29, 1.82) is 0 Å². The van der Waals surface area contributed by atoms with Crippen LogP contribution in [0.15, 0.2) is 53.4 Å². The summed E-state index contributed by atoms with van der Waals surface area (Å²) in [6, 6.07) is 15.2. The number of hydrogen-bond donors (Lipinski definition) is 1. The van der Waals surface area contributed by atoms with Crippen LogP contribution in [-0.2, 0) is 16.1 Å². The van der Waals surface area contributed by atoms with Crippen molar-refractivity contribution in [2.75, 3.05) is 5.75 Å². The minimum atomic E-state index is -0.535. The van der Waals surface area contributed by atoms with Gasteiger partial charge in [0, 0.05) is 34.7 Å². The molecule has 162 valence electrons. The van der Waals surface area contributed by atoms with Crippen LogP contribution in [0.25, 0.3) is 0 Å². The van der Waals surface area contributed by atoms with Gasteiger partial charge in [-0.1, -0.05) is 48.4 Å². The molecule has 2 rings (SSSR count). The lowest BCUT2D eigenvalue weighted by Gasteiger charge is -2.30. The second-order valence-electron chi connectivity index (χ2n) is 7.56. The molecular formula is C24H31ClN2O2S. The molecule has 0 saturated heterocycles. The molecule has 2 aromatic rings. The average molecular weight is 447 g/mol. The zero-order valence-electron chi connectivity index (χ0n) is 18.2. The largest absolute Gasteiger partial charge is 0.352 e. The van der Waals surface area contributed by atoms with E-state index in [9.17, 15) is 9.59 Å². The number of amides is 2. The predicted octanol–water partition coefficient (Wildman–Crippen LogP) is 5.46. The Labute approximate surface area is 189 Å². The van der Waals surface area contributed by atoms with Crippen molar-refractivity contribution < 1.29 is 9.59 Å². The Bertz CT molecular complexity index is 841. The van der Waals surface area contributed by atoms with E-state index in [1.807, 2.05) is 63.2 Å². The summed E-state index contributed by atoms with van der Waals surface area (Å²) in [6.07, 6.45) is 1.21. The molecule has 2 aromatic carbocycles.